The molecule has 1 aliphatic rings. The summed E-state index contributed by atoms with van der Waals surface area (Å²) in [5, 5.41) is 14.7. The van der Waals surface area contributed by atoms with Crippen molar-refractivity contribution in [3.63, 3.8) is 0 Å². The van der Waals surface area contributed by atoms with E-state index < -0.39 is 4.92 Å². The molecule has 2 aromatic rings. The predicted molar refractivity (Wildman–Crippen MR) is 94.8 cm³/mol. The van der Waals surface area contributed by atoms with Crippen LogP contribution >= 0.6 is 0 Å². The summed E-state index contributed by atoms with van der Waals surface area (Å²) >= 11 is 0. The molecular weight excluding hydrogens is 322 g/mol. The lowest BCUT2D eigenvalue weighted by Gasteiger charge is -2.29. The third-order valence-electron chi connectivity index (χ3n) is 4.22. The van der Waals surface area contributed by atoms with Crippen LogP contribution in [0.25, 0.3) is 0 Å². The Hall–Kier alpha value is -2.74. The number of anilines is 2. The number of methoxy groups -OCH3 is 1. The maximum atomic E-state index is 11.7. The highest BCUT2D eigenvalue weighted by Gasteiger charge is 2.29. The van der Waals surface area contributed by atoms with Gasteiger partial charge in [0.2, 0.25) is 11.6 Å². The lowest BCUT2D eigenvalue weighted by Crippen LogP contribution is -2.32. The summed E-state index contributed by atoms with van der Waals surface area (Å²) in [7, 11) is 1.59. The summed E-state index contributed by atoms with van der Waals surface area (Å²) in [6.07, 6.45) is 2.20. The van der Waals surface area contributed by atoms with Crippen LogP contribution in [0.15, 0.2) is 30.6 Å². The number of benzene rings is 1. The van der Waals surface area contributed by atoms with Crippen molar-refractivity contribution < 1.29 is 9.66 Å². The standard InChI is InChI=1S/C17H21N5O3/c1-12(10-25-2)20-16-15(22(23)24)17(19-11-18-16)21-8-7-13-5-3-4-6-14(13)9-21/h3-6,11-12H,7-10H2,1-2H3,(H,18,19,20). The normalized spacial score (nSPS) is 14.7. The SMILES string of the molecule is COCC(C)Nc1ncnc(N2CCc3ccccc3C2)c1[N+](=O)[O-]. The fourth-order valence-electron chi connectivity index (χ4n) is 3.08. The van der Waals surface area contributed by atoms with Gasteiger partial charge in [0.05, 0.1) is 11.5 Å². The maximum absolute atomic E-state index is 11.7. The number of ether oxygens (including phenoxy) is 1. The van der Waals surface area contributed by atoms with E-state index in [1.807, 2.05) is 30.0 Å². The van der Waals surface area contributed by atoms with E-state index in [2.05, 4.69) is 21.4 Å². The number of fused-ring (bicyclic) bond motifs is 1. The topological polar surface area (TPSA) is 93.4 Å². The van der Waals surface area contributed by atoms with Gasteiger partial charge < -0.3 is 15.0 Å². The van der Waals surface area contributed by atoms with Gasteiger partial charge in [0.1, 0.15) is 6.33 Å². The van der Waals surface area contributed by atoms with Gasteiger partial charge in [-0.15, -0.1) is 0 Å². The molecule has 1 unspecified atom stereocenters. The molecule has 0 amide bonds. The molecule has 3 rings (SSSR count). The number of rotatable bonds is 6. The Labute approximate surface area is 146 Å². The molecule has 132 valence electrons. The first-order chi connectivity index (χ1) is 12.1. The zero-order chi connectivity index (χ0) is 17.8. The van der Waals surface area contributed by atoms with Crippen molar-refractivity contribution in [1.29, 1.82) is 0 Å². The Balaban J connectivity index is 1.92. The highest BCUT2D eigenvalue weighted by molar-refractivity contribution is 5.71. The van der Waals surface area contributed by atoms with E-state index in [0.29, 0.717) is 25.5 Å². The van der Waals surface area contributed by atoms with Gasteiger partial charge in [-0.05, 0) is 24.5 Å². The summed E-state index contributed by atoms with van der Waals surface area (Å²) in [6, 6.07) is 8.04. The second kappa shape index (κ2) is 7.43. The molecule has 1 aromatic carbocycles. The Morgan fingerprint density at radius 2 is 2.12 bits per heavy atom. The van der Waals surface area contributed by atoms with E-state index >= 15 is 0 Å². The van der Waals surface area contributed by atoms with Crippen molar-refractivity contribution in [3.8, 4) is 0 Å². The van der Waals surface area contributed by atoms with Crippen LogP contribution in [0.4, 0.5) is 17.3 Å². The number of nitro groups is 1. The lowest BCUT2D eigenvalue weighted by atomic mass is 10.00. The molecule has 1 aromatic heterocycles. The van der Waals surface area contributed by atoms with E-state index in [9.17, 15) is 10.1 Å². The van der Waals surface area contributed by atoms with Gasteiger partial charge in [0, 0.05) is 26.2 Å². The van der Waals surface area contributed by atoms with Crippen LogP contribution in [0.5, 0.6) is 0 Å². The summed E-state index contributed by atoms with van der Waals surface area (Å²) in [5.74, 6) is 0.569. The minimum absolute atomic E-state index is 0.0927. The molecule has 0 aliphatic carbocycles. The summed E-state index contributed by atoms with van der Waals surface area (Å²) in [4.78, 5) is 21.5. The van der Waals surface area contributed by atoms with E-state index in [-0.39, 0.29) is 17.5 Å². The third kappa shape index (κ3) is 3.69. The zero-order valence-corrected chi connectivity index (χ0v) is 14.3. The fraction of sp³-hybridized carbons (Fsp3) is 0.412. The van der Waals surface area contributed by atoms with Crippen LogP contribution in [0.2, 0.25) is 0 Å². The van der Waals surface area contributed by atoms with Crippen molar-refractivity contribution in [2.75, 3.05) is 30.5 Å². The van der Waals surface area contributed by atoms with E-state index in [0.717, 1.165) is 6.42 Å². The number of nitrogens with one attached hydrogen (secondary N) is 1. The van der Waals surface area contributed by atoms with Crippen molar-refractivity contribution in [3.05, 3.63) is 51.8 Å². The largest absolute Gasteiger partial charge is 0.383 e. The molecule has 0 saturated heterocycles. The molecule has 1 aliphatic heterocycles. The van der Waals surface area contributed by atoms with Gasteiger partial charge in [-0.25, -0.2) is 9.97 Å². The maximum Gasteiger partial charge on any atom is 0.353 e. The number of nitrogens with zero attached hydrogens (tertiary/aromatic N) is 4. The molecule has 0 bridgehead atoms. The van der Waals surface area contributed by atoms with Gasteiger partial charge >= 0.3 is 5.69 Å². The highest BCUT2D eigenvalue weighted by Crippen LogP contribution is 2.34. The Morgan fingerprint density at radius 3 is 2.84 bits per heavy atom. The smallest absolute Gasteiger partial charge is 0.353 e. The van der Waals surface area contributed by atoms with Gasteiger partial charge in [-0.1, -0.05) is 24.3 Å². The van der Waals surface area contributed by atoms with Crippen LogP contribution in [0.3, 0.4) is 0 Å². The highest BCUT2D eigenvalue weighted by atomic mass is 16.6. The molecular formula is C17H21N5O3. The number of aromatic nitrogens is 2. The van der Waals surface area contributed by atoms with Gasteiger partial charge in [0.25, 0.3) is 0 Å². The molecule has 1 atom stereocenters. The third-order valence-corrected chi connectivity index (χ3v) is 4.22. The Morgan fingerprint density at radius 1 is 1.36 bits per heavy atom. The Kier molecular flexibility index (Phi) is 5.08. The van der Waals surface area contributed by atoms with Gasteiger partial charge in [-0.2, -0.15) is 0 Å². The first kappa shape index (κ1) is 17.1. The van der Waals surface area contributed by atoms with Crippen molar-refractivity contribution in [2.45, 2.75) is 25.9 Å². The molecule has 0 fully saturated rings. The number of hydrogen-bond acceptors (Lipinski definition) is 7. The molecule has 2 heterocycles. The average molecular weight is 343 g/mol. The van der Waals surface area contributed by atoms with Crippen molar-refractivity contribution >= 4 is 17.3 Å². The van der Waals surface area contributed by atoms with Crippen LogP contribution in [0.1, 0.15) is 18.1 Å². The second-order valence-corrected chi connectivity index (χ2v) is 6.09. The van der Waals surface area contributed by atoms with E-state index in [1.54, 1.807) is 7.11 Å². The minimum atomic E-state index is -0.419. The minimum Gasteiger partial charge on any atom is -0.383 e. The summed E-state index contributed by atoms with van der Waals surface area (Å²) < 4.78 is 5.08. The Bertz CT molecular complexity index is 768. The fourth-order valence-corrected chi connectivity index (χ4v) is 3.08. The van der Waals surface area contributed by atoms with Gasteiger partial charge in [0.15, 0.2) is 0 Å². The molecule has 8 heteroatoms. The lowest BCUT2D eigenvalue weighted by molar-refractivity contribution is -0.383. The average Bonchev–Trinajstić information content (AvgIpc) is 2.61. The van der Waals surface area contributed by atoms with Crippen LogP contribution in [-0.2, 0) is 17.7 Å². The predicted octanol–water partition coefficient (Wildman–Crippen LogP) is 2.39. The summed E-state index contributed by atoms with van der Waals surface area (Å²) in [5.41, 5.74) is 2.36. The molecule has 25 heavy (non-hydrogen) atoms. The van der Waals surface area contributed by atoms with Gasteiger partial charge in [-0.3, -0.25) is 10.1 Å². The van der Waals surface area contributed by atoms with Crippen molar-refractivity contribution in [2.24, 2.45) is 0 Å². The van der Waals surface area contributed by atoms with E-state index in [1.165, 1.54) is 17.5 Å². The first-order valence-electron chi connectivity index (χ1n) is 8.16. The molecule has 1 N–H and O–H groups in total. The number of hydrogen-bond donors (Lipinski definition) is 1. The van der Waals surface area contributed by atoms with Crippen LogP contribution in [0, 0.1) is 10.1 Å². The molecule has 0 radical (unpaired) electrons. The molecule has 0 saturated carbocycles. The zero-order valence-electron chi connectivity index (χ0n) is 14.3. The van der Waals surface area contributed by atoms with Crippen LogP contribution in [-0.4, -0.2) is 41.2 Å². The van der Waals surface area contributed by atoms with Crippen LogP contribution < -0.4 is 10.2 Å². The quantitative estimate of drug-likeness (QED) is 0.636. The van der Waals surface area contributed by atoms with E-state index in [4.69, 9.17) is 4.74 Å². The monoisotopic (exact) mass is 343 g/mol. The molecule has 8 nitrogen and oxygen atoms in total. The molecule has 0 spiro atoms. The second-order valence-electron chi connectivity index (χ2n) is 6.09. The first-order valence-corrected chi connectivity index (χ1v) is 8.16. The van der Waals surface area contributed by atoms with Crippen molar-refractivity contribution in [1.82, 2.24) is 9.97 Å². The summed E-state index contributed by atoms with van der Waals surface area (Å²) in [6.45, 7) is 3.59.